The number of hydrogen-bond acceptors (Lipinski definition) is 2. The molecule has 0 spiro atoms. The van der Waals surface area contributed by atoms with Crippen LogP contribution in [0.2, 0.25) is 5.02 Å². The van der Waals surface area contributed by atoms with Crippen LogP contribution in [-0.4, -0.2) is 11.9 Å². The van der Waals surface area contributed by atoms with Crippen LogP contribution >= 0.6 is 11.6 Å². The van der Waals surface area contributed by atoms with Crippen LogP contribution in [0.1, 0.15) is 17.0 Å². The molecule has 0 heterocycles. The van der Waals surface area contributed by atoms with Gasteiger partial charge in [-0.3, -0.25) is 10.2 Å². The molecule has 0 fully saturated rings. The highest BCUT2D eigenvalue weighted by Gasteiger charge is 2.22. The molecule has 0 saturated heterocycles. The molecule has 3 amide bonds. The minimum absolute atomic E-state index is 0.339. The highest BCUT2D eigenvalue weighted by atomic mass is 35.5. The number of benzene rings is 3. The summed E-state index contributed by atoms with van der Waals surface area (Å²) in [5, 5.41) is 3.11. The van der Waals surface area contributed by atoms with E-state index in [-0.39, 0.29) is 5.91 Å². The maximum absolute atomic E-state index is 12.8. The molecule has 0 aliphatic carbocycles. The van der Waals surface area contributed by atoms with Gasteiger partial charge in [0.2, 0.25) is 5.91 Å². The van der Waals surface area contributed by atoms with Crippen LogP contribution in [-0.2, 0) is 4.79 Å². The minimum Gasteiger partial charge on any atom is -0.307 e. The summed E-state index contributed by atoms with van der Waals surface area (Å²) in [7, 11) is 0. The lowest BCUT2D eigenvalue weighted by atomic mass is 9.91. The zero-order valence-corrected chi connectivity index (χ0v) is 15.1. The fraction of sp³-hybridized carbons (Fsp3) is 0.0476. The Balaban J connectivity index is 1.69. The number of carbonyl (C=O) groups excluding carboxylic acids is 2. The predicted octanol–water partition coefficient (Wildman–Crippen LogP) is 4.32. The van der Waals surface area contributed by atoms with E-state index in [1.54, 1.807) is 24.3 Å². The molecule has 0 aliphatic rings. The van der Waals surface area contributed by atoms with Gasteiger partial charge in [-0.25, -0.2) is 10.2 Å². The Morgan fingerprint density at radius 2 is 1.33 bits per heavy atom. The molecule has 0 aromatic heterocycles. The zero-order chi connectivity index (χ0) is 19.1. The second kappa shape index (κ2) is 8.87. The molecule has 0 aliphatic heterocycles. The molecule has 0 unspecified atom stereocenters. The zero-order valence-electron chi connectivity index (χ0n) is 14.4. The highest BCUT2D eigenvalue weighted by molar-refractivity contribution is 6.30. The molecule has 3 aromatic carbocycles. The number of amides is 3. The first-order valence-corrected chi connectivity index (χ1v) is 8.73. The number of rotatable bonds is 4. The molecular weight excluding hydrogens is 362 g/mol. The normalized spacial score (nSPS) is 10.3. The maximum Gasteiger partial charge on any atom is 0.337 e. The van der Waals surface area contributed by atoms with E-state index in [1.807, 2.05) is 60.7 Å². The fourth-order valence-corrected chi connectivity index (χ4v) is 2.90. The van der Waals surface area contributed by atoms with Gasteiger partial charge in [-0.1, -0.05) is 78.3 Å². The second-order valence-corrected chi connectivity index (χ2v) is 6.27. The van der Waals surface area contributed by atoms with Gasteiger partial charge in [0.15, 0.2) is 0 Å². The Morgan fingerprint density at radius 3 is 1.89 bits per heavy atom. The van der Waals surface area contributed by atoms with Crippen molar-refractivity contribution in [2.24, 2.45) is 0 Å². The first-order chi connectivity index (χ1) is 13.1. The Hall–Kier alpha value is -3.31. The van der Waals surface area contributed by atoms with E-state index in [0.29, 0.717) is 10.7 Å². The van der Waals surface area contributed by atoms with E-state index < -0.39 is 11.9 Å². The van der Waals surface area contributed by atoms with E-state index in [2.05, 4.69) is 16.2 Å². The van der Waals surface area contributed by atoms with Crippen LogP contribution in [0.3, 0.4) is 0 Å². The summed E-state index contributed by atoms with van der Waals surface area (Å²) >= 11 is 5.89. The predicted molar refractivity (Wildman–Crippen MR) is 106 cm³/mol. The van der Waals surface area contributed by atoms with Gasteiger partial charge in [0.25, 0.3) is 0 Å². The SMILES string of the molecule is O=C(NNC(=O)C(c1ccccc1)c1ccccc1)Nc1cccc(Cl)c1. The Kier molecular flexibility index (Phi) is 6.07. The highest BCUT2D eigenvalue weighted by Crippen LogP contribution is 2.24. The van der Waals surface area contributed by atoms with Crippen molar-refractivity contribution in [3.05, 3.63) is 101 Å². The smallest absolute Gasteiger partial charge is 0.307 e. The molecule has 0 bridgehead atoms. The van der Waals surface area contributed by atoms with Crippen molar-refractivity contribution >= 4 is 29.2 Å². The van der Waals surface area contributed by atoms with Gasteiger partial charge < -0.3 is 5.32 Å². The Morgan fingerprint density at radius 1 is 0.741 bits per heavy atom. The van der Waals surface area contributed by atoms with Gasteiger partial charge in [-0.15, -0.1) is 0 Å². The minimum atomic E-state index is -0.564. The van der Waals surface area contributed by atoms with Crippen molar-refractivity contribution in [3.8, 4) is 0 Å². The maximum atomic E-state index is 12.8. The summed E-state index contributed by atoms with van der Waals surface area (Å²) in [5.41, 5.74) is 7.05. The van der Waals surface area contributed by atoms with Gasteiger partial charge in [0.1, 0.15) is 0 Å². The van der Waals surface area contributed by atoms with Gasteiger partial charge in [-0.05, 0) is 29.3 Å². The quantitative estimate of drug-likeness (QED) is 0.590. The number of hydrazine groups is 1. The van der Waals surface area contributed by atoms with Crippen LogP contribution in [0.15, 0.2) is 84.9 Å². The van der Waals surface area contributed by atoms with Crippen molar-refractivity contribution in [1.29, 1.82) is 0 Å². The molecule has 136 valence electrons. The number of halogens is 1. The first-order valence-electron chi connectivity index (χ1n) is 8.36. The summed E-state index contributed by atoms with van der Waals surface area (Å²) in [6.45, 7) is 0. The third kappa shape index (κ3) is 5.09. The van der Waals surface area contributed by atoms with Crippen molar-refractivity contribution in [1.82, 2.24) is 10.9 Å². The van der Waals surface area contributed by atoms with Crippen molar-refractivity contribution in [2.75, 3.05) is 5.32 Å². The molecule has 0 radical (unpaired) electrons. The van der Waals surface area contributed by atoms with Gasteiger partial charge >= 0.3 is 6.03 Å². The third-order valence-corrected chi connectivity index (χ3v) is 4.14. The van der Waals surface area contributed by atoms with Gasteiger partial charge in [0.05, 0.1) is 5.92 Å². The van der Waals surface area contributed by atoms with Crippen LogP contribution in [0.4, 0.5) is 10.5 Å². The lowest BCUT2D eigenvalue weighted by Crippen LogP contribution is -2.46. The van der Waals surface area contributed by atoms with Crippen LogP contribution in [0.5, 0.6) is 0 Å². The third-order valence-electron chi connectivity index (χ3n) is 3.91. The number of anilines is 1. The molecule has 6 heteroatoms. The van der Waals surface area contributed by atoms with E-state index >= 15 is 0 Å². The summed E-state index contributed by atoms with van der Waals surface area (Å²) in [4.78, 5) is 24.8. The van der Waals surface area contributed by atoms with E-state index in [4.69, 9.17) is 11.6 Å². The van der Waals surface area contributed by atoms with E-state index in [1.165, 1.54) is 0 Å². The largest absolute Gasteiger partial charge is 0.337 e. The first kappa shape index (κ1) is 18.5. The standard InChI is InChI=1S/C21H18ClN3O2/c22-17-12-7-13-18(14-17)23-21(27)25-24-20(26)19(15-8-3-1-4-9-15)16-10-5-2-6-11-16/h1-14,19H,(H,24,26)(H2,23,25,27). The molecule has 5 nitrogen and oxygen atoms in total. The Bertz CT molecular complexity index is 877. The molecule has 3 rings (SSSR count). The molecule has 27 heavy (non-hydrogen) atoms. The number of urea groups is 1. The molecule has 3 aromatic rings. The van der Waals surface area contributed by atoms with Crippen LogP contribution in [0, 0.1) is 0 Å². The van der Waals surface area contributed by atoms with Crippen LogP contribution < -0.4 is 16.2 Å². The lowest BCUT2D eigenvalue weighted by molar-refractivity contribution is -0.122. The monoisotopic (exact) mass is 379 g/mol. The topological polar surface area (TPSA) is 70.2 Å². The molecular formula is C21H18ClN3O2. The van der Waals surface area contributed by atoms with Crippen LogP contribution in [0.25, 0.3) is 0 Å². The number of nitrogens with one attached hydrogen (secondary N) is 3. The summed E-state index contributed by atoms with van der Waals surface area (Å²) in [6, 6.07) is 25.0. The number of carbonyl (C=O) groups is 2. The summed E-state index contributed by atoms with van der Waals surface area (Å²) < 4.78 is 0. The molecule has 3 N–H and O–H groups in total. The molecule has 0 saturated carbocycles. The van der Waals surface area contributed by atoms with Gasteiger partial charge in [0, 0.05) is 10.7 Å². The van der Waals surface area contributed by atoms with E-state index in [9.17, 15) is 9.59 Å². The average Bonchev–Trinajstić information content (AvgIpc) is 2.68. The summed E-state index contributed by atoms with van der Waals surface area (Å²) in [6.07, 6.45) is 0. The molecule has 0 atom stereocenters. The van der Waals surface area contributed by atoms with Crippen molar-refractivity contribution in [3.63, 3.8) is 0 Å². The van der Waals surface area contributed by atoms with E-state index in [0.717, 1.165) is 11.1 Å². The summed E-state index contributed by atoms with van der Waals surface area (Å²) in [5.74, 6) is -0.882. The van der Waals surface area contributed by atoms with Crippen molar-refractivity contribution in [2.45, 2.75) is 5.92 Å². The lowest BCUT2D eigenvalue weighted by Gasteiger charge is -2.18. The Labute approximate surface area is 162 Å². The van der Waals surface area contributed by atoms with Crippen molar-refractivity contribution < 1.29 is 9.59 Å². The second-order valence-electron chi connectivity index (χ2n) is 5.83. The number of hydrogen-bond donors (Lipinski definition) is 3. The fourth-order valence-electron chi connectivity index (χ4n) is 2.71. The van der Waals surface area contributed by atoms with Gasteiger partial charge in [-0.2, -0.15) is 0 Å². The average molecular weight is 380 g/mol.